The highest BCUT2D eigenvalue weighted by atomic mass is 127. The molecule has 1 saturated heterocycles. The van der Waals surface area contributed by atoms with Gasteiger partial charge < -0.3 is 10.6 Å². The Morgan fingerprint density at radius 1 is 1.53 bits per heavy atom. The lowest BCUT2D eigenvalue weighted by Gasteiger charge is -2.22. The predicted octanol–water partition coefficient (Wildman–Crippen LogP) is 2.55. The van der Waals surface area contributed by atoms with Gasteiger partial charge in [0.25, 0.3) is 5.91 Å². The van der Waals surface area contributed by atoms with Gasteiger partial charge in [0.05, 0.1) is 0 Å². The van der Waals surface area contributed by atoms with Crippen LogP contribution in [0.3, 0.4) is 0 Å². The molecule has 1 heterocycles. The summed E-state index contributed by atoms with van der Waals surface area (Å²) in [5.74, 6) is 0.103. The third-order valence-electron chi connectivity index (χ3n) is 3.42. The summed E-state index contributed by atoms with van der Waals surface area (Å²) in [6.07, 6.45) is 3.41. The van der Waals surface area contributed by atoms with Crippen molar-refractivity contribution in [3.05, 3.63) is 33.1 Å². The van der Waals surface area contributed by atoms with Gasteiger partial charge in [-0.2, -0.15) is 0 Å². The Kier molecular flexibility index (Phi) is 5.57. The van der Waals surface area contributed by atoms with Gasteiger partial charge in [-0.15, -0.1) is 0 Å². The summed E-state index contributed by atoms with van der Waals surface area (Å²) < 4.78 is 13.9. The lowest BCUT2D eigenvalue weighted by molar-refractivity contribution is 0.0950. The summed E-state index contributed by atoms with van der Waals surface area (Å²) in [6, 6.07) is 4.57. The van der Waals surface area contributed by atoms with Crippen molar-refractivity contribution in [1.82, 2.24) is 10.6 Å². The van der Waals surface area contributed by atoms with Crippen LogP contribution in [0.4, 0.5) is 4.39 Å². The van der Waals surface area contributed by atoms with Crippen LogP contribution < -0.4 is 10.6 Å². The van der Waals surface area contributed by atoms with Crippen LogP contribution in [0.25, 0.3) is 0 Å². The molecule has 1 atom stereocenters. The van der Waals surface area contributed by atoms with E-state index in [0.29, 0.717) is 21.6 Å². The van der Waals surface area contributed by atoms with Crippen molar-refractivity contribution in [3.63, 3.8) is 0 Å². The van der Waals surface area contributed by atoms with Crippen molar-refractivity contribution < 1.29 is 9.18 Å². The molecule has 3 nitrogen and oxygen atoms in total. The minimum Gasteiger partial charge on any atom is -0.352 e. The van der Waals surface area contributed by atoms with E-state index in [0.717, 1.165) is 19.5 Å². The maximum atomic E-state index is 13.4. The topological polar surface area (TPSA) is 41.1 Å². The number of rotatable bonds is 4. The van der Waals surface area contributed by atoms with Crippen LogP contribution in [-0.2, 0) is 0 Å². The highest BCUT2D eigenvalue weighted by Crippen LogP contribution is 2.14. The SMILES string of the molecule is O=C(NCCC1CCCNC1)c1ccc(I)c(F)c1. The van der Waals surface area contributed by atoms with E-state index in [2.05, 4.69) is 10.6 Å². The Labute approximate surface area is 126 Å². The molecule has 0 saturated carbocycles. The normalized spacial score (nSPS) is 19.2. The first kappa shape index (κ1) is 14.7. The Morgan fingerprint density at radius 3 is 3.05 bits per heavy atom. The van der Waals surface area contributed by atoms with Crippen molar-refractivity contribution >= 4 is 28.5 Å². The van der Waals surface area contributed by atoms with Crippen molar-refractivity contribution in [3.8, 4) is 0 Å². The number of benzene rings is 1. The molecule has 1 fully saturated rings. The largest absolute Gasteiger partial charge is 0.352 e. The van der Waals surface area contributed by atoms with Gasteiger partial charge in [0.1, 0.15) is 5.82 Å². The first-order chi connectivity index (χ1) is 9.16. The van der Waals surface area contributed by atoms with E-state index in [1.54, 1.807) is 12.1 Å². The van der Waals surface area contributed by atoms with Crippen LogP contribution in [0, 0.1) is 15.3 Å². The summed E-state index contributed by atoms with van der Waals surface area (Å²) in [4.78, 5) is 11.9. The molecule has 104 valence electrons. The van der Waals surface area contributed by atoms with Crippen LogP contribution in [0.5, 0.6) is 0 Å². The Hall–Kier alpha value is -0.690. The smallest absolute Gasteiger partial charge is 0.251 e. The lowest BCUT2D eigenvalue weighted by Crippen LogP contribution is -2.33. The number of halogens is 2. The van der Waals surface area contributed by atoms with Gasteiger partial charge in [-0.1, -0.05) is 0 Å². The lowest BCUT2D eigenvalue weighted by atomic mass is 9.96. The van der Waals surface area contributed by atoms with Crippen LogP contribution in [0.15, 0.2) is 18.2 Å². The van der Waals surface area contributed by atoms with E-state index in [-0.39, 0.29) is 11.7 Å². The zero-order valence-electron chi connectivity index (χ0n) is 10.7. The molecule has 1 unspecified atom stereocenters. The Bertz CT molecular complexity index is 447. The minimum absolute atomic E-state index is 0.195. The maximum absolute atomic E-state index is 13.4. The summed E-state index contributed by atoms with van der Waals surface area (Å²) in [5, 5.41) is 6.21. The van der Waals surface area contributed by atoms with E-state index in [4.69, 9.17) is 0 Å². The van der Waals surface area contributed by atoms with E-state index in [9.17, 15) is 9.18 Å². The summed E-state index contributed by atoms with van der Waals surface area (Å²) in [7, 11) is 0. The average Bonchev–Trinajstić information content (AvgIpc) is 2.43. The third-order valence-corrected chi connectivity index (χ3v) is 4.29. The second kappa shape index (κ2) is 7.19. The molecule has 19 heavy (non-hydrogen) atoms. The van der Waals surface area contributed by atoms with E-state index in [1.165, 1.54) is 18.9 Å². The summed E-state index contributed by atoms with van der Waals surface area (Å²) >= 11 is 1.91. The van der Waals surface area contributed by atoms with Crippen molar-refractivity contribution in [2.45, 2.75) is 19.3 Å². The Morgan fingerprint density at radius 2 is 2.37 bits per heavy atom. The molecule has 1 aliphatic rings. The molecule has 1 aromatic carbocycles. The zero-order chi connectivity index (χ0) is 13.7. The Balaban J connectivity index is 1.78. The third kappa shape index (κ3) is 4.42. The molecule has 1 amide bonds. The number of carbonyl (C=O) groups is 1. The van der Waals surface area contributed by atoms with Crippen molar-refractivity contribution in [1.29, 1.82) is 0 Å². The molecule has 2 rings (SSSR count). The maximum Gasteiger partial charge on any atom is 0.251 e. The molecular weight excluding hydrogens is 358 g/mol. The molecular formula is C14H18FIN2O. The fraction of sp³-hybridized carbons (Fsp3) is 0.500. The highest BCUT2D eigenvalue weighted by molar-refractivity contribution is 14.1. The second-order valence-electron chi connectivity index (χ2n) is 4.89. The second-order valence-corrected chi connectivity index (χ2v) is 6.05. The van der Waals surface area contributed by atoms with Crippen LogP contribution in [-0.4, -0.2) is 25.5 Å². The highest BCUT2D eigenvalue weighted by Gasteiger charge is 2.13. The monoisotopic (exact) mass is 376 g/mol. The van der Waals surface area contributed by atoms with Gasteiger partial charge in [0, 0.05) is 15.7 Å². The minimum atomic E-state index is -0.343. The molecule has 0 aromatic heterocycles. The van der Waals surface area contributed by atoms with Crippen molar-refractivity contribution in [2.24, 2.45) is 5.92 Å². The number of carbonyl (C=O) groups excluding carboxylic acids is 1. The molecule has 0 spiro atoms. The van der Waals surface area contributed by atoms with Gasteiger partial charge in [0.2, 0.25) is 0 Å². The van der Waals surface area contributed by atoms with Crippen molar-refractivity contribution in [2.75, 3.05) is 19.6 Å². The van der Waals surface area contributed by atoms with Gasteiger partial charge in [-0.05, 0) is 79.1 Å². The van der Waals surface area contributed by atoms with Gasteiger partial charge in [0.15, 0.2) is 0 Å². The van der Waals surface area contributed by atoms with E-state index < -0.39 is 0 Å². The molecule has 5 heteroatoms. The fourth-order valence-electron chi connectivity index (χ4n) is 2.30. The van der Waals surface area contributed by atoms with Gasteiger partial charge in [-0.3, -0.25) is 4.79 Å². The van der Waals surface area contributed by atoms with Crippen LogP contribution in [0.2, 0.25) is 0 Å². The summed E-state index contributed by atoms with van der Waals surface area (Å²) in [6.45, 7) is 2.79. The van der Waals surface area contributed by atoms with E-state index >= 15 is 0 Å². The van der Waals surface area contributed by atoms with Gasteiger partial charge >= 0.3 is 0 Å². The fourth-order valence-corrected chi connectivity index (χ4v) is 2.64. The van der Waals surface area contributed by atoms with Gasteiger partial charge in [-0.25, -0.2) is 4.39 Å². The zero-order valence-corrected chi connectivity index (χ0v) is 12.9. The molecule has 0 aliphatic carbocycles. The molecule has 1 aromatic rings. The predicted molar refractivity (Wildman–Crippen MR) is 81.7 cm³/mol. The first-order valence-electron chi connectivity index (χ1n) is 6.61. The average molecular weight is 376 g/mol. The molecule has 2 N–H and O–H groups in total. The number of hydrogen-bond acceptors (Lipinski definition) is 2. The quantitative estimate of drug-likeness (QED) is 0.794. The first-order valence-corrected chi connectivity index (χ1v) is 7.68. The van der Waals surface area contributed by atoms with Crippen LogP contribution >= 0.6 is 22.6 Å². The standard InChI is InChI=1S/C14H18FIN2O/c15-12-8-11(3-4-13(12)16)14(19)18-7-5-10-2-1-6-17-9-10/h3-4,8,10,17H,1-2,5-7,9H2,(H,18,19). The van der Waals surface area contributed by atoms with Crippen LogP contribution in [0.1, 0.15) is 29.6 Å². The number of amides is 1. The number of nitrogens with one attached hydrogen (secondary N) is 2. The molecule has 1 aliphatic heterocycles. The number of hydrogen-bond donors (Lipinski definition) is 2. The summed E-state index contributed by atoms with van der Waals surface area (Å²) in [5.41, 5.74) is 0.389. The number of piperidine rings is 1. The van der Waals surface area contributed by atoms with E-state index in [1.807, 2.05) is 22.6 Å². The molecule has 0 bridgehead atoms. The molecule has 0 radical (unpaired) electrons.